The Labute approximate surface area is 325 Å². The molecule has 1 aliphatic rings. The number of unbranched alkanes of at least 4 members (excludes halogenated alkanes) is 16. The van der Waals surface area contributed by atoms with Crippen molar-refractivity contribution in [1.82, 2.24) is 0 Å². The van der Waals surface area contributed by atoms with Gasteiger partial charge in [-0.15, -0.1) is 0 Å². The maximum atomic E-state index is 12.7. The summed E-state index contributed by atoms with van der Waals surface area (Å²) in [5, 5.41) is 49.9. The quantitative estimate of drug-likeness (QED) is 0.0163. The van der Waals surface area contributed by atoms with Crippen molar-refractivity contribution in [3.8, 4) is 0 Å². The van der Waals surface area contributed by atoms with Gasteiger partial charge >= 0.3 is 13.8 Å². The molecule has 6 N–H and O–H groups in total. The molecule has 6 atom stereocenters. The number of phosphoric acid groups is 1. The number of hydrogen-bond donors (Lipinski definition) is 6. The van der Waals surface area contributed by atoms with Crippen LogP contribution in [0.1, 0.15) is 155 Å². The zero-order valence-electron chi connectivity index (χ0n) is 33.3. The van der Waals surface area contributed by atoms with Crippen molar-refractivity contribution in [3.05, 3.63) is 36.5 Å². The van der Waals surface area contributed by atoms with Crippen LogP contribution in [0.4, 0.5) is 0 Å². The number of phosphoric ester groups is 1. The summed E-state index contributed by atoms with van der Waals surface area (Å²) in [7, 11) is -5.01. The Bertz CT molecular complexity index is 1040. The molecule has 0 saturated heterocycles. The van der Waals surface area contributed by atoms with Crippen molar-refractivity contribution in [1.29, 1.82) is 0 Å². The summed E-state index contributed by atoms with van der Waals surface area (Å²) in [4.78, 5) is 22.9. The number of carbonyl (C=O) groups is 1. The van der Waals surface area contributed by atoms with Crippen molar-refractivity contribution >= 4 is 13.8 Å². The van der Waals surface area contributed by atoms with Crippen molar-refractivity contribution < 1.29 is 58.3 Å². The molecule has 1 fully saturated rings. The Morgan fingerprint density at radius 3 is 1.61 bits per heavy atom. The van der Waals surface area contributed by atoms with E-state index in [-0.39, 0.29) is 13.0 Å². The molecular formula is C41H75O12P. The summed E-state index contributed by atoms with van der Waals surface area (Å²) >= 11 is 0. The first-order valence-electron chi connectivity index (χ1n) is 20.8. The molecule has 12 nitrogen and oxygen atoms in total. The summed E-state index contributed by atoms with van der Waals surface area (Å²) in [6.07, 6.45) is 23.9. The third kappa shape index (κ3) is 24.9. The maximum absolute atomic E-state index is 12.7. The minimum absolute atomic E-state index is 0.0828. The van der Waals surface area contributed by atoms with Gasteiger partial charge in [-0.05, 0) is 51.4 Å². The fraction of sp³-hybridized carbons (Fsp3) is 0.829. The minimum Gasteiger partial charge on any atom is -0.457 e. The van der Waals surface area contributed by atoms with Crippen LogP contribution in [0.5, 0.6) is 0 Å². The van der Waals surface area contributed by atoms with Crippen LogP contribution in [0, 0.1) is 0 Å². The third-order valence-electron chi connectivity index (χ3n) is 9.52. The average Bonchev–Trinajstić information content (AvgIpc) is 3.15. The lowest BCUT2D eigenvalue weighted by atomic mass is 9.85. The molecule has 0 radical (unpaired) electrons. The molecule has 54 heavy (non-hydrogen) atoms. The molecule has 0 bridgehead atoms. The normalized spacial score (nSPS) is 23.8. The standard InChI is InChI=1S/C41H75O12P/c1-3-5-7-9-11-12-13-14-15-16-17-18-19-20-21-22-23-25-27-29-31-50-32-34(52-35(42)30-28-26-24-10-8-6-4-2)33-51-54(48,49)53-41-39(46)37(44)36(43)38(45)40(41)47/h11-12,14-15,17-18,34,36-41,43-47H,3-10,13,16,19-33H2,1-2H3,(H,48,49)/b12-11-,15-14-,18-17-. The van der Waals surface area contributed by atoms with E-state index < -0.39 is 63.1 Å². The van der Waals surface area contributed by atoms with E-state index in [2.05, 4.69) is 50.3 Å². The lowest BCUT2D eigenvalue weighted by molar-refractivity contribution is -0.220. The van der Waals surface area contributed by atoms with E-state index in [0.717, 1.165) is 70.6 Å². The third-order valence-corrected chi connectivity index (χ3v) is 10.5. The minimum atomic E-state index is -5.01. The number of carbonyl (C=O) groups excluding carboxylic acids is 1. The summed E-state index contributed by atoms with van der Waals surface area (Å²) in [5.41, 5.74) is 0. The van der Waals surface area contributed by atoms with Gasteiger partial charge in [0.1, 0.15) is 42.7 Å². The number of aliphatic hydroxyl groups is 5. The summed E-state index contributed by atoms with van der Waals surface area (Å²) in [6.45, 7) is 4.13. The fourth-order valence-corrected chi connectivity index (χ4v) is 7.10. The van der Waals surface area contributed by atoms with Gasteiger partial charge in [-0.2, -0.15) is 0 Å². The highest BCUT2D eigenvalue weighted by molar-refractivity contribution is 7.47. The summed E-state index contributed by atoms with van der Waals surface area (Å²) < 4.78 is 33.9. The highest BCUT2D eigenvalue weighted by Gasteiger charge is 2.51. The van der Waals surface area contributed by atoms with Gasteiger partial charge in [0.05, 0.1) is 13.2 Å². The van der Waals surface area contributed by atoms with E-state index in [1.165, 1.54) is 57.8 Å². The lowest BCUT2D eigenvalue weighted by Gasteiger charge is -2.41. The molecule has 0 spiro atoms. The first-order valence-corrected chi connectivity index (χ1v) is 22.3. The smallest absolute Gasteiger partial charge is 0.457 e. The number of esters is 1. The van der Waals surface area contributed by atoms with Crippen LogP contribution in [0.2, 0.25) is 0 Å². The number of allylic oxidation sites excluding steroid dienone is 6. The zero-order chi connectivity index (χ0) is 39.9. The van der Waals surface area contributed by atoms with Crippen LogP contribution in [-0.4, -0.2) is 98.9 Å². The van der Waals surface area contributed by atoms with Crippen LogP contribution in [-0.2, 0) is 27.9 Å². The SMILES string of the molecule is CCCCC/C=C\C/C=C\C/C=C\CCCCCCCCCOCC(COP(=O)(O)OC1C(O)C(O)C(O)C(O)C1O)OC(=O)CCCCCCCCC. The van der Waals surface area contributed by atoms with Crippen LogP contribution in [0.3, 0.4) is 0 Å². The molecular weight excluding hydrogens is 715 g/mol. The fourth-order valence-electron chi connectivity index (χ4n) is 6.13. The predicted molar refractivity (Wildman–Crippen MR) is 212 cm³/mol. The van der Waals surface area contributed by atoms with Crippen LogP contribution >= 0.6 is 7.82 Å². The van der Waals surface area contributed by atoms with Crippen LogP contribution in [0.25, 0.3) is 0 Å². The van der Waals surface area contributed by atoms with Crippen molar-refractivity contribution in [2.45, 2.75) is 198 Å². The molecule has 1 rings (SSSR count). The van der Waals surface area contributed by atoms with Gasteiger partial charge in [0, 0.05) is 13.0 Å². The van der Waals surface area contributed by atoms with E-state index in [4.69, 9.17) is 18.5 Å². The van der Waals surface area contributed by atoms with E-state index in [0.29, 0.717) is 13.0 Å². The van der Waals surface area contributed by atoms with Gasteiger partial charge in [-0.25, -0.2) is 4.57 Å². The molecule has 13 heteroatoms. The molecule has 6 unspecified atom stereocenters. The largest absolute Gasteiger partial charge is 0.472 e. The van der Waals surface area contributed by atoms with Crippen molar-refractivity contribution in [2.75, 3.05) is 19.8 Å². The van der Waals surface area contributed by atoms with Crippen LogP contribution in [0.15, 0.2) is 36.5 Å². The van der Waals surface area contributed by atoms with Gasteiger partial charge in [-0.1, -0.05) is 134 Å². The first kappa shape index (κ1) is 50.6. The van der Waals surface area contributed by atoms with E-state index in [1.54, 1.807) is 0 Å². The summed E-state index contributed by atoms with van der Waals surface area (Å²) in [6, 6.07) is 0. The highest BCUT2D eigenvalue weighted by atomic mass is 31.2. The molecule has 0 heterocycles. The first-order chi connectivity index (χ1) is 26.0. The molecule has 1 aliphatic carbocycles. The molecule has 0 amide bonds. The average molecular weight is 791 g/mol. The van der Waals surface area contributed by atoms with Gasteiger partial charge in [0.25, 0.3) is 0 Å². The lowest BCUT2D eigenvalue weighted by Crippen LogP contribution is -2.64. The number of ether oxygens (including phenoxy) is 2. The molecule has 0 aromatic rings. The molecule has 0 aromatic carbocycles. The van der Waals surface area contributed by atoms with Gasteiger partial charge in [-0.3, -0.25) is 13.8 Å². The Morgan fingerprint density at radius 1 is 0.593 bits per heavy atom. The Balaban J connectivity index is 2.36. The van der Waals surface area contributed by atoms with Gasteiger partial charge < -0.3 is 39.9 Å². The second-order valence-electron chi connectivity index (χ2n) is 14.5. The molecule has 316 valence electrons. The van der Waals surface area contributed by atoms with E-state index in [1.807, 2.05) is 0 Å². The number of rotatable bonds is 34. The van der Waals surface area contributed by atoms with Crippen molar-refractivity contribution in [2.24, 2.45) is 0 Å². The van der Waals surface area contributed by atoms with Crippen molar-refractivity contribution in [3.63, 3.8) is 0 Å². The van der Waals surface area contributed by atoms with Gasteiger partial charge in [0.15, 0.2) is 0 Å². The molecule has 0 aliphatic heterocycles. The highest BCUT2D eigenvalue weighted by Crippen LogP contribution is 2.47. The number of aliphatic hydroxyl groups excluding tert-OH is 5. The molecule has 0 aromatic heterocycles. The van der Waals surface area contributed by atoms with E-state index in [9.17, 15) is 39.8 Å². The number of hydrogen-bond acceptors (Lipinski definition) is 11. The second-order valence-corrected chi connectivity index (χ2v) is 15.9. The Morgan fingerprint density at radius 2 is 1.04 bits per heavy atom. The second kappa shape index (κ2) is 32.6. The predicted octanol–water partition coefficient (Wildman–Crippen LogP) is 7.53. The topological polar surface area (TPSA) is 192 Å². The van der Waals surface area contributed by atoms with Gasteiger partial charge in [0.2, 0.25) is 0 Å². The Kier molecular flexibility index (Phi) is 30.6. The summed E-state index contributed by atoms with van der Waals surface area (Å²) in [5.74, 6) is -0.489. The van der Waals surface area contributed by atoms with Crippen LogP contribution < -0.4 is 0 Å². The van der Waals surface area contributed by atoms with E-state index >= 15 is 0 Å². The molecule has 1 saturated carbocycles. The maximum Gasteiger partial charge on any atom is 0.472 e. The monoisotopic (exact) mass is 790 g/mol. The Hall–Kier alpha value is -1.44. The zero-order valence-corrected chi connectivity index (χ0v) is 34.2.